The van der Waals surface area contributed by atoms with E-state index in [2.05, 4.69) is 9.97 Å². The quantitative estimate of drug-likeness (QED) is 0.402. The van der Waals surface area contributed by atoms with Gasteiger partial charge in [0.25, 0.3) is 5.91 Å². The molecule has 0 radical (unpaired) electrons. The molecule has 0 atom stereocenters. The zero-order valence-corrected chi connectivity index (χ0v) is 15.9. The molecule has 0 fully saturated rings. The monoisotopic (exact) mass is 403 g/mol. The molecule has 5 rings (SSSR count). The molecule has 0 unspecified atom stereocenters. The van der Waals surface area contributed by atoms with Gasteiger partial charge in [-0.2, -0.15) is 0 Å². The van der Waals surface area contributed by atoms with E-state index in [4.69, 9.17) is 4.42 Å². The van der Waals surface area contributed by atoms with Crippen LogP contribution in [-0.2, 0) is 6.54 Å². The third-order valence-electron chi connectivity index (χ3n) is 4.52. The first-order chi connectivity index (χ1) is 14.2. The lowest BCUT2D eigenvalue weighted by Gasteiger charge is -2.18. The highest BCUT2D eigenvalue weighted by Crippen LogP contribution is 2.32. The average Bonchev–Trinajstić information content (AvgIpc) is 3.36. The van der Waals surface area contributed by atoms with Crippen LogP contribution in [0.1, 0.15) is 16.1 Å². The molecule has 0 aliphatic heterocycles. The number of thiazole rings is 1. The van der Waals surface area contributed by atoms with Crippen LogP contribution in [0.2, 0.25) is 0 Å². The fourth-order valence-electron chi connectivity index (χ4n) is 3.12. The van der Waals surface area contributed by atoms with Crippen LogP contribution >= 0.6 is 11.3 Å². The molecular formula is C22H14FN3O2S. The summed E-state index contributed by atoms with van der Waals surface area (Å²) in [6.45, 7) is 0.270. The Bertz CT molecular complexity index is 1300. The predicted octanol–water partition coefficient (Wildman–Crippen LogP) is 5.42. The van der Waals surface area contributed by atoms with Crippen molar-refractivity contribution in [2.45, 2.75) is 6.54 Å². The number of anilines is 1. The van der Waals surface area contributed by atoms with Crippen LogP contribution in [0, 0.1) is 5.82 Å². The summed E-state index contributed by atoms with van der Waals surface area (Å²) in [7, 11) is 0. The number of hydrogen-bond donors (Lipinski definition) is 0. The van der Waals surface area contributed by atoms with Crippen molar-refractivity contribution < 1.29 is 13.6 Å². The Morgan fingerprint density at radius 2 is 2.00 bits per heavy atom. The van der Waals surface area contributed by atoms with Gasteiger partial charge in [0.15, 0.2) is 10.9 Å². The van der Waals surface area contributed by atoms with Gasteiger partial charge in [0.2, 0.25) is 0 Å². The highest BCUT2D eigenvalue weighted by molar-refractivity contribution is 7.22. The lowest BCUT2D eigenvalue weighted by molar-refractivity contribution is 0.0960. The summed E-state index contributed by atoms with van der Waals surface area (Å²) in [5.74, 6) is -0.430. The number of halogens is 1. The van der Waals surface area contributed by atoms with Gasteiger partial charge in [0.1, 0.15) is 11.4 Å². The minimum absolute atomic E-state index is 0.223. The van der Waals surface area contributed by atoms with Crippen LogP contribution in [0.5, 0.6) is 0 Å². The van der Waals surface area contributed by atoms with Gasteiger partial charge in [-0.15, -0.1) is 0 Å². The van der Waals surface area contributed by atoms with Crippen molar-refractivity contribution in [2.24, 2.45) is 0 Å². The Morgan fingerprint density at radius 1 is 1.10 bits per heavy atom. The summed E-state index contributed by atoms with van der Waals surface area (Å²) >= 11 is 1.26. The minimum Gasteiger partial charge on any atom is -0.451 e. The number of furan rings is 1. The molecule has 3 aromatic heterocycles. The number of amides is 1. The van der Waals surface area contributed by atoms with Gasteiger partial charge in [-0.3, -0.25) is 14.7 Å². The SMILES string of the molecule is O=C(c1cc2ccccc2o1)N(Cc1cccnc1)c1nc2ccc(F)cc2s1. The van der Waals surface area contributed by atoms with Gasteiger partial charge in [-0.05, 0) is 42.0 Å². The number of benzene rings is 2. The zero-order valence-electron chi connectivity index (χ0n) is 15.1. The normalized spacial score (nSPS) is 11.2. The number of fused-ring (bicyclic) bond motifs is 2. The van der Waals surface area contributed by atoms with E-state index in [0.29, 0.717) is 20.9 Å². The second-order valence-electron chi connectivity index (χ2n) is 6.51. The van der Waals surface area contributed by atoms with Crippen molar-refractivity contribution in [3.8, 4) is 0 Å². The molecule has 0 N–H and O–H groups in total. The topological polar surface area (TPSA) is 59.2 Å². The zero-order chi connectivity index (χ0) is 19.8. The molecule has 142 valence electrons. The largest absolute Gasteiger partial charge is 0.451 e. The molecule has 29 heavy (non-hydrogen) atoms. The van der Waals surface area contributed by atoms with E-state index in [1.807, 2.05) is 36.4 Å². The van der Waals surface area contributed by atoms with Crippen molar-refractivity contribution in [1.82, 2.24) is 9.97 Å². The van der Waals surface area contributed by atoms with E-state index in [0.717, 1.165) is 10.9 Å². The Hall–Kier alpha value is -3.58. The maximum absolute atomic E-state index is 13.6. The van der Waals surface area contributed by atoms with Crippen LogP contribution in [-0.4, -0.2) is 15.9 Å². The summed E-state index contributed by atoms with van der Waals surface area (Å²) < 4.78 is 20.1. The van der Waals surface area contributed by atoms with E-state index in [-0.39, 0.29) is 24.0 Å². The molecule has 0 aliphatic rings. The van der Waals surface area contributed by atoms with Crippen LogP contribution < -0.4 is 4.90 Å². The average molecular weight is 403 g/mol. The van der Waals surface area contributed by atoms with Crippen LogP contribution in [0.15, 0.2) is 77.5 Å². The number of carbonyl (C=O) groups is 1. The van der Waals surface area contributed by atoms with Crippen LogP contribution in [0.4, 0.5) is 9.52 Å². The maximum atomic E-state index is 13.6. The number of nitrogens with zero attached hydrogens (tertiary/aromatic N) is 3. The number of aromatic nitrogens is 2. The fraction of sp³-hybridized carbons (Fsp3) is 0.0455. The number of para-hydroxylation sites is 1. The molecule has 0 saturated heterocycles. The van der Waals surface area contributed by atoms with Crippen molar-refractivity contribution in [3.05, 3.63) is 90.2 Å². The Balaban J connectivity index is 1.59. The molecule has 5 nitrogen and oxygen atoms in total. The molecule has 3 heterocycles. The summed E-state index contributed by atoms with van der Waals surface area (Å²) in [4.78, 5) is 23.6. The smallest absolute Gasteiger partial charge is 0.296 e. The Labute approximate surface area is 169 Å². The van der Waals surface area contributed by atoms with Crippen molar-refractivity contribution >= 4 is 43.6 Å². The Morgan fingerprint density at radius 3 is 2.83 bits per heavy atom. The third-order valence-corrected chi connectivity index (χ3v) is 5.56. The molecule has 0 saturated carbocycles. The van der Waals surface area contributed by atoms with Crippen molar-refractivity contribution in [2.75, 3.05) is 4.90 Å². The summed E-state index contributed by atoms with van der Waals surface area (Å²) in [6, 6.07) is 17.3. The fourth-order valence-corrected chi connectivity index (χ4v) is 4.11. The second-order valence-corrected chi connectivity index (χ2v) is 7.52. The lowest BCUT2D eigenvalue weighted by atomic mass is 10.2. The molecule has 5 aromatic rings. The predicted molar refractivity (Wildman–Crippen MR) is 111 cm³/mol. The molecular weight excluding hydrogens is 389 g/mol. The number of rotatable bonds is 4. The van der Waals surface area contributed by atoms with Gasteiger partial charge >= 0.3 is 0 Å². The summed E-state index contributed by atoms with van der Waals surface area (Å²) in [6.07, 6.45) is 3.38. The Kier molecular flexibility index (Phi) is 4.29. The standard InChI is InChI=1S/C22H14FN3O2S/c23-16-7-8-17-20(11-16)29-22(25-17)26(13-14-4-3-9-24-12-14)21(27)19-10-15-5-1-2-6-18(15)28-19/h1-12H,13H2. The van der Waals surface area contributed by atoms with E-state index >= 15 is 0 Å². The van der Waals surface area contributed by atoms with Gasteiger partial charge in [0, 0.05) is 17.8 Å². The first-order valence-corrected chi connectivity index (χ1v) is 9.74. The van der Waals surface area contributed by atoms with E-state index in [1.165, 1.54) is 28.4 Å². The molecule has 1 amide bonds. The van der Waals surface area contributed by atoms with Crippen molar-refractivity contribution in [3.63, 3.8) is 0 Å². The molecule has 0 aliphatic carbocycles. The highest BCUT2D eigenvalue weighted by atomic mass is 32.1. The summed E-state index contributed by atoms with van der Waals surface area (Å²) in [5.41, 5.74) is 2.13. The van der Waals surface area contributed by atoms with Crippen LogP contribution in [0.25, 0.3) is 21.2 Å². The lowest BCUT2D eigenvalue weighted by Crippen LogP contribution is -2.30. The van der Waals surface area contributed by atoms with Crippen molar-refractivity contribution in [1.29, 1.82) is 0 Å². The highest BCUT2D eigenvalue weighted by Gasteiger charge is 2.25. The number of carbonyl (C=O) groups excluding carboxylic acids is 1. The first-order valence-electron chi connectivity index (χ1n) is 8.93. The van der Waals surface area contributed by atoms with Gasteiger partial charge in [0.05, 0.1) is 16.8 Å². The molecule has 0 spiro atoms. The van der Waals surface area contributed by atoms with E-state index in [9.17, 15) is 9.18 Å². The molecule has 0 bridgehead atoms. The van der Waals surface area contributed by atoms with Gasteiger partial charge < -0.3 is 4.42 Å². The maximum Gasteiger partial charge on any atom is 0.296 e. The minimum atomic E-state index is -0.338. The number of pyridine rings is 1. The van der Waals surface area contributed by atoms with Gasteiger partial charge in [-0.1, -0.05) is 35.6 Å². The first kappa shape index (κ1) is 17.5. The molecule has 7 heteroatoms. The van der Waals surface area contributed by atoms with E-state index in [1.54, 1.807) is 24.5 Å². The molecule has 2 aromatic carbocycles. The second kappa shape index (κ2) is 7.10. The third kappa shape index (κ3) is 3.36. The van der Waals surface area contributed by atoms with Gasteiger partial charge in [-0.25, -0.2) is 9.37 Å². The number of hydrogen-bond acceptors (Lipinski definition) is 5. The van der Waals surface area contributed by atoms with E-state index < -0.39 is 0 Å². The van der Waals surface area contributed by atoms with Crippen LogP contribution in [0.3, 0.4) is 0 Å². The summed E-state index contributed by atoms with van der Waals surface area (Å²) in [5, 5.41) is 1.32.